The van der Waals surface area contributed by atoms with E-state index in [1.165, 1.54) is 16.7 Å². The van der Waals surface area contributed by atoms with Crippen LogP contribution in [0.25, 0.3) is 0 Å². The van der Waals surface area contributed by atoms with E-state index in [0.717, 1.165) is 38.9 Å². The van der Waals surface area contributed by atoms with Gasteiger partial charge in [-0.15, -0.1) is 0 Å². The van der Waals surface area contributed by atoms with E-state index < -0.39 is 0 Å². The Morgan fingerprint density at radius 3 is 2.65 bits per heavy atom. The minimum absolute atomic E-state index is 0.0601. The Bertz CT molecular complexity index is 890. The number of aromatic nitrogens is 1. The summed E-state index contributed by atoms with van der Waals surface area (Å²) in [4.78, 5) is 21.5. The van der Waals surface area contributed by atoms with E-state index in [9.17, 15) is 4.79 Å². The second kappa shape index (κ2) is 9.07. The first-order valence-corrected chi connectivity index (χ1v) is 11.4. The van der Waals surface area contributed by atoms with Crippen LogP contribution in [-0.2, 0) is 32.8 Å². The summed E-state index contributed by atoms with van der Waals surface area (Å²) in [7, 11) is 0. The summed E-state index contributed by atoms with van der Waals surface area (Å²) in [6, 6.07) is 12.8. The number of rotatable bonds is 4. The van der Waals surface area contributed by atoms with Gasteiger partial charge in [-0.25, -0.2) is 0 Å². The number of carbonyl (C=O) groups is 1. The molecule has 0 aliphatic carbocycles. The lowest BCUT2D eigenvalue weighted by Crippen LogP contribution is -2.50. The van der Waals surface area contributed by atoms with E-state index in [0.29, 0.717) is 32.7 Å². The summed E-state index contributed by atoms with van der Waals surface area (Å²) in [6.45, 7) is 5.53. The number of nitrogens with zero attached hydrogens (tertiary/aromatic N) is 3. The number of morpholine rings is 1. The average molecular weight is 422 g/mol. The molecule has 1 atom stereocenters. The highest BCUT2D eigenvalue weighted by Crippen LogP contribution is 2.44. The van der Waals surface area contributed by atoms with E-state index in [-0.39, 0.29) is 17.6 Å². The second-order valence-electron chi connectivity index (χ2n) is 8.93. The molecular formula is C25H31N3O3. The Morgan fingerprint density at radius 2 is 1.87 bits per heavy atom. The van der Waals surface area contributed by atoms with Crippen LogP contribution in [0.5, 0.6) is 0 Å². The standard InChI is InChI=1S/C25H31N3O3/c29-24(28-12-14-30-15-13-28)17-22-16-21-5-1-2-6-23(21)25(31-22)7-10-27(11-8-25)19-20-4-3-9-26-18-20/h1-6,9,18,22H,7-8,10-17,19H2. The highest BCUT2D eigenvalue weighted by molar-refractivity contribution is 5.77. The predicted molar refractivity (Wildman–Crippen MR) is 117 cm³/mol. The lowest BCUT2D eigenvalue weighted by Gasteiger charge is -2.47. The lowest BCUT2D eigenvalue weighted by molar-refractivity contribution is -0.157. The molecule has 1 spiro atoms. The maximum absolute atomic E-state index is 12.9. The fourth-order valence-electron chi connectivity index (χ4n) is 5.27. The topological polar surface area (TPSA) is 54.9 Å². The van der Waals surface area contributed by atoms with Gasteiger partial charge in [-0.05, 0) is 42.0 Å². The minimum atomic E-state index is -0.282. The van der Waals surface area contributed by atoms with Crippen LogP contribution >= 0.6 is 0 Å². The Kier molecular flexibility index (Phi) is 6.03. The molecule has 0 saturated carbocycles. The van der Waals surface area contributed by atoms with Crippen molar-refractivity contribution in [3.05, 3.63) is 65.5 Å². The fourth-order valence-corrected chi connectivity index (χ4v) is 5.27. The third-order valence-electron chi connectivity index (χ3n) is 6.91. The molecule has 2 fully saturated rings. The summed E-state index contributed by atoms with van der Waals surface area (Å²) in [6.07, 6.45) is 6.88. The first-order valence-electron chi connectivity index (χ1n) is 11.4. The molecule has 1 aromatic heterocycles. The molecule has 3 aliphatic heterocycles. The van der Waals surface area contributed by atoms with Gasteiger partial charge in [-0.3, -0.25) is 14.7 Å². The van der Waals surface area contributed by atoms with Crippen LogP contribution in [0.3, 0.4) is 0 Å². The largest absolute Gasteiger partial charge is 0.378 e. The number of carbonyl (C=O) groups excluding carboxylic acids is 1. The number of fused-ring (bicyclic) bond motifs is 2. The molecule has 4 heterocycles. The number of ether oxygens (including phenoxy) is 2. The van der Waals surface area contributed by atoms with Crippen LogP contribution < -0.4 is 0 Å². The number of piperidine rings is 1. The number of likely N-dealkylation sites (tertiary alicyclic amines) is 1. The monoisotopic (exact) mass is 421 g/mol. The first-order chi connectivity index (χ1) is 15.2. The molecular weight excluding hydrogens is 390 g/mol. The van der Waals surface area contributed by atoms with Gasteiger partial charge in [0.25, 0.3) is 0 Å². The van der Waals surface area contributed by atoms with Gasteiger partial charge in [0.1, 0.15) is 0 Å². The van der Waals surface area contributed by atoms with E-state index in [2.05, 4.69) is 40.2 Å². The Morgan fingerprint density at radius 1 is 1.06 bits per heavy atom. The molecule has 5 rings (SSSR count). The molecule has 0 radical (unpaired) electrons. The smallest absolute Gasteiger partial charge is 0.225 e. The molecule has 31 heavy (non-hydrogen) atoms. The normalized spacial score (nSPS) is 23.5. The molecule has 3 aliphatic rings. The number of pyridine rings is 1. The number of hydrogen-bond donors (Lipinski definition) is 0. The predicted octanol–water partition coefficient (Wildman–Crippen LogP) is 2.76. The Balaban J connectivity index is 1.29. The van der Waals surface area contributed by atoms with Gasteiger partial charge in [0.05, 0.1) is 31.3 Å². The van der Waals surface area contributed by atoms with E-state index in [4.69, 9.17) is 9.47 Å². The number of benzene rings is 1. The third kappa shape index (κ3) is 4.52. The van der Waals surface area contributed by atoms with Crippen molar-refractivity contribution >= 4 is 5.91 Å². The molecule has 2 aromatic rings. The van der Waals surface area contributed by atoms with Crippen molar-refractivity contribution in [1.29, 1.82) is 0 Å². The SMILES string of the molecule is O=C(CC1Cc2ccccc2C2(CCN(Cc3cccnc3)CC2)O1)N1CCOCC1. The van der Waals surface area contributed by atoms with Crippen molar-refractivity contribution in [2.24, 2.45) is 0 Å². The van der Waals surface area contributed by atoms with E-state index in [1.807, 2.05) is 23.4 Å². The molecule has 6 nitrogen and oxygen atoms in total. The first kappa shape index (κ1) is 20.6. The van der Waals surface area contributed by atoms with Crippen molar-refractivity contribution in [1.82, 2.24) is 14.8 Å². The Hall–Kier alpha value is -2.28. The maximum atomic E-state index is 12.9. The zero-order valence-electron chi connectivity index (χ0n) is 18.0. The van der Waals surface area contributed by atoms with Gasteiger partial charge in [0.15, 0.2) is 0 Å². The number of hydrogen-bond acceptors (Lipinski definition) is 5. The van der Waals surface area contributed by atoms with Crippen LogP contribution in [0.15, 0.2) is 48.8 Å². The van der Waals surface area contributed by atoms with Crippen molar-refractivity contribution in [3.8, 4) is 0 Å². The van der Waals surface area contributed by atoms with Crippen LogP contribution in [0.1, 0.15) is 36.0 Å². The summed E-state index contributed by atoms with van der Waals surface area (Å²) < 4.78 is 12.2. The molecule has 164 valence electrons. The zero-order valence-corrected chi connectivity index (χ0v) is 18.0. The third-order valence-corrected chi connectivity index (χ3v) is 6.91. The quantitative estimate of drug-likeness (QED) is 0.760. The molecule has 0 bridgehead atoms. The summed E-state index contributed by atoms with van der Waals surface area (Å²) >= 11 is 0. The number of amides is 1. The Labute approximate surface area is 184 Å². The van der Waals surface area contributed by atoms with Gasteiger partial charge in [0.2, 0.25) is 5.91 Å². The van der Waals surface area contributed by atoms with Gasteiger partial charge < -0.3 is 14.4 Å². The zero-order chi connectivity index (χ0) is 21.1. The fraction of sp³-hybridized carbons (Fsp3) is 0.520. The van der Waals surface area contributed by atoms with Gasteiger partial charge in [-0.2, -0.15) is 0 Å². The van der Waals surface area contributed by atoms with E-state index >= 15 is 0 Å². The minimum Gasteiger partial charge on any atom is -0.378 e. The van der Waals surface area contributed by atoms with Gasteiger partial charge in [0, 0.05) is 45.1 Å². The lowest BCUT2D eigenvalue weighted by atomic mass is 9.77. The van der Waals surface area contributed by atoms with Crippen LogP contribution in [-0.4, -0.2) is 66.2 Å². The van der Waals surface area contributed by atoms with Gasteiger partial charge in [-0.1, -0.05) is 30.3 Å². The van der Waals surface area contributed by atoms with Crippen LogP contribution in [0.4, 0.5) is 0 Å². The average Bonchev–Trinajstić information content (AvgIpc) is 2.82. The van der Waals surface area contributed by atoms with Crippen molar-refractivity contribution < 1.29 is 14.3 Å². The van der Waals surface area contributed by atoms with Gasteiger partial charge >= 0.3 is 0 Å². The highest BCUT2D eigenvalue weighted by atomic mass is 16.5. The highest BCUT2D eigenvalue weighted by Gasteiger charge is 2.44. The molecule has 2 saturated heterocycles. The van der Waals surface area contributed by atoms with Crippen LogP contribution in [0, 0.1) is 0 Å². The van der Waals surface area contributed by atoms with Crippen molar-refractivity contribution in [2.45, 2.75) is 43.9 Å². The van der Waals surface area contributed by atoms with Crippen LogP contribution in [0.2, 0.25) is 0 Å². The summed E-state index contributed by atoms with van der Waals surface area (Å²) in [5.41, 5.74) is 3.63. The molecule has 0 N–H and O–H groups in total. The summed E-state index contributed by atoms with van der Waals surface area (Å²) in [5, 5.41) is 0. The molecule has 1 unspecified atom stereocenters. The van der Waals surface area contributed by atoms with Crippen molar-refractivity contribution in [3.63, 3.8) is 0 Å². The van der Waals surface area contributed by atoms with Crippen molar-refractivity contribution in [2.75, 3.05) is 39.4 Å². The maximum Gasteiger partial charge on any atom is 0.225 e. The van der Waals surface area contributed by atoms with E-state index in [1.54, 1.807) is 0 Å². The summed E-state index contributed by atoms with van der Waals surface area (Å²) in [5.74, 6) is 0.192. The molecule has 1 aromatic carbocycles. The second-order valence-corrected chi connectivity index (χ2v) is 8.93. The molecule has 6 heteroatoms. The molecule has 1 amide bonds.